The fourth-order valence-corrected chi connectivity index (χ4v) is 6.51. The van der Waals surface area contributed by atoms with Crippen molar-refractivity contribution >= 4 is 27.9 Å². The smallest absolute Gasteiger partial charge is 0.0537 e. The van der Waals surface area contributed by atoms with E-state index in [0.29, 0.717) is 0 Å². The molecular weight excluding hydrogens is 496 g/mol. The number of hydrogen-bond donors (Lipinski definition) is 0. The minimum absolute atomic E-state index is 0.921. The maximum atomic E-state index is 2.45. The number of fused-ring (bicyclic) bond motifs is 4. The van der Waals surface area contributed by atoms with Gasteiger partial charge < -0.3 is 9.13 Å². The quantitative estimate of drug-likeness (QED) is 0.190. The highest BCUT2D eigenvalue weighted by Crippen LogP contribution is 2.34. The first-order chi connectivity index (χ1) is 20.3. The first-order valence-corrected chi connectivity index (χ1v) is 14.7. The summed E-state index contributed by atoms with van der Waals surface area (Å²) in [4.78, 5) is 0. The van der Waals surface area contributed by atoms with Gasteiger partial charge in [0, 0.05) is 45.5 Å². The second-order valence-corrected chi connectivity index (χ2v) is 10.7. The van der Waals surface area contributed by atoms with E-state index in [1.54, 1.807) is 0 Å². The van der Waals surface area contributed by atoms with Crippen molar-refractivity contribution in [2.75, 3.05) is 0 Å². The van der Waals surface area contributed by atoms with Crippen LogP contribution >= 0.6 is 0 Å². The number of hydrogen-bond acceptors (Lipinski definition) is 0. The zero-order valence-electron chi connectivity index (χ0n) is 23.7. The second-order valence-electron chi connectivity index (χ2n) is 10.7. The molecule has 0 amide bonds. The maximum absolute atomic E-state index is 2.45. The van der Waals surface area contributed by atoms with E-state index in [1.165, 1.54) is 66.8 Å². The summed E-state index contributed by atoms with van der Waals surface area (Å²) in [7, 11) is 0. The van der Waals surface area contributed by atoms with Crippen molar-refractivity contribution in [3.63, 3.8) is 0 Å². The van der Waals surface area contributed by atoms with Crippen LogP contribution in [0, 0.1) is 0 Å². The van der Waals surface area contributed by atoms with Gasteiger partial charge in [0.05, 0.1) is 11.0 Å². The van der Waals surface area contributed by atoms with Crippen LogP contribution < -0.4 is 0 Å². The molecule has 2 aromatic heterocycles. The van der Waals surface area contributed by atoms with Crippen molar-refractivity contribution < 1.29 is 0 Å². The van der Waals surface area contributed by atoms with Gasteiger partial charge in [-0.3, -0.25) is 0 Å². The predicted molar refractivity (Wildman–Crippen MR) is 175 cm³/mol. The van der Waals surface area contributed by atoms with Crippen molar-refractivity contribution in [2.45, 2.75) is 33.1 Å². The summed E-state index contributed by atoms with van der Waals surface area (Å²) in [6, 6.07) is 35.6. The van der Waals surface area contributed by atoms with Gasteiger partial charge in [0.2, 0.25) is 0 Å². The average molecular weight is 531 g/mol. The van der Waals surface area contributed by atoms with E-state index in [1.807, 2.05) is 0 Å². The molecule has 41 heavy (non-hydrogen) atoms. The molecule has 6 aromatic rings. The Balaban J connectivity index is 1.25. The van der Waals surface area contributed by atoms with Gasteiger partial charge in [-0.1, -0.05) is 104 Å². The molecule has 0 saturated carbocycles. The molecule has 0 spiro atoms. The molecule has 0 fully saturated rings. The first kappa shape index (κ1) is 25.2. The highest BCUT2D eigenvalue weighted by molar-refractivity contribution is 5.93. The van der Waals surface area contributed by atoms with Gasteiger partial charge in [0.1, 0.15) is 0 Å². The molecule has 1 aliphatic rings. The van der Waals surface area contributed by atoms with E-state index >= 15 is 0 Å². The third kappa shape index (κ3) is 4.28. The first-order valence-electron chi connectivity index (χ1n) is 14.7. The van der Waals surface area contributed by atoms with Crippen molar-refractivity contribution in [2.24, 2.45) is 0 Å². The Labute approximate surface area is 242 Å². The SMILES string of the molecule is C/C=C\Cc1c(CC)n(-c2ccc(-c3ccc(-n4c5c(c6ccccc64)C=CC=CC5)cc3)cc2)c2ccccc12. The molecule has 0 atom stereocenters. The zero-order valence-corrected chi connectivity index (χ0v) is 23.7. The highest BCUT2D eigenvalue weighted by Gasteiger charge is 2.18. The Morgan fingerprint density at radius 1 is 0.683 bits per heavy atom. The van der Waals surface area contributed by atoms with Crippen LogP contribution in [0.4, 0.5) is 0 Å². The molecular formula is C39H34N2. The summed E-state index contributed by atoms with van der Waals surface area (Å²) < 4.78 is 4.87. The molecule has 200 valence electrons. The lowest BCUT2D eigenvalue weighted by molar-refractivity contribution is 0.937. The fourth-order valence-electron chi connectivity index (χ4n) is 6.51. The van der Waals surface area contributed by atoms with Gasteiger partial charge in [-0.05, 0) is 72.9 Å². The highest BCUT2D eigenvalue weighted by atomic mass is 15.0. The monoisotopic (exact) mass is 530 g/mol. The van der Waals surface area contributed by atoms with E-state index in [4.69, 9.17) is 0 Å². The normalized spacial score (nSPS) is 12.9. The molecule has 0 unspecified atom stereocenters. The van der Waals surface area contributed by atoms with Crippen LogP contribution in [0.2, 0.25) is 0 Å². The average Bonchev–Trinajstić information content (AvgIpc) is 3.39. The molecule has 2 nitrogen and oxygen atoms in total. The van der Waals surface area contributed by atoms with Gasteiger partial charge in [0.15, 0.2) is 0 Å². The van der Waals surface area contributed by atoms with E-state index in [9.17, 15) is 0 Å². The van der Waals surface area contributed by atoms with Gasteiger partial charge in [-0.15, -0.1) is 0 Å². The second kappa shape index (κ2) is 10.6. The van der Waals surface area contributed by atoms with Gasteiger partial charge >= 0.3 is 0 Å². The number of para-hydroxylation sites is 2. The third-order valence-electron chi connectivity index (χ3n) is 8.40. The fraction of sp³-hybridized carbons (Fsp3) is 0.128. The van der Waals surface area contributed by atoms with Crippen LogP contribution in [0.25, 0.3) is 50.4 Å². The van der Waals surface area contributed by atoms with Gasteiger partial charge in [-0.2, -0.15) is 0 Å². The predicted octanol–water partition coefficient (Wildman–Crippen LogP) is 10.0. The van der Waals surface area contributed by atoms with Crippen molar-refractivity contribution in [3.05, 3.63) is 150 Å². The summed E-state index contributed by atoms with van der Waals surface area (Å²) in [5.74, 6) is 0. The number of benzene rings is 4. The van der Waals surface area contributed by atoms with Crippen LogP contribution in [0.15, 0.2) is 127 Å². The lowest BCUT2D eigenvalue weighted by Gasteiger charge is -2.13. The molecule has 2 heteroatoms. The Kier molecular flexibility index (Phi) is 6.53. The summed E-state index contributed by atoms with van der Waals surface area (Å²) in [6.07, 6.45) is 16.1. The minimum atomic E-state index is 0.921. The number of rotatable bonds is 6. The molecule has 4 aromatic carbocycles. The van der Waals surface area contributed by atoms with Gasteiger partial charge in [-0.25, -0.2) is 0 Å². The lowest BCUT2D eigenvalue weighted by atomic mass is 10.0. The van der Waals surface area contributed by atoms with E-state index in [2.05, 4.69) is 156 Å². The number of aromatic nitrogens is 2. The topological polar surface area (TPSA) is 9.86 Å². The van der Waals surface area contributed by atoms with Crippen LogP contribution in [-0.4, -0.2) is 9.13 Å². The molecule has 7 rings (SSSR count). The summed E-state index contributed by atoms with van der Waals surface area (Å²) in [5.41, 5.74) is 12.9. The molecule has 0 bridgehead atoms. The molecule has 0 radical (unpaired) electrons. The van der Waals surface area contributed by atoms with Crippen LogP contribution in [-0.2, 0) is 19.3 Å². The molecule has 1 aliphatic carbocycles. The van der Waals surface area contributed by atoms with Gasteiger partial charge in [0.25, 0.3) is 0 Å². The summed E-state index contributed by atoms with van der Waals surface area (Å²) in [6.45, 7) is 4.36. The minimum Gasteiger partial charge on any atom is -0.313 e. The van der Waals surface area contributed by atoms with Crippen molar-refractivity contribution in [1.29, 1.82) is 0 Å². The zero-order chi connectivity index (χ0) is 27.8. The van der Waals surface area contributed by atoms with Crippen LogP contribution in [0.1, 0.15) is 36.4 Å². The molecule has 2 heterocycles. The largest absolute Gasteiger partial charge is 0.313 e. The summed E-state index contributed by atoms with van der Waals surface area (Å²) >= 11 is 0. The van der Waals surface area contributed by atoms with Crippen molar-refractivity contribution in [1.82, 2.24) is 9.13 Å². The Bertz CT molecular complexity index is 1960. The number of allylic oxidation sites excluding steroid dienone is 5. The van der Waals surface area contributed by atoms with Crippen LogP contribution in [0.5, 0.6) is 0 Å². The van der Waals surface area contributed by atoms with Crippen molar-refractivity contribution in [3.8, 4) is 22.5 Å². The summed E-state index contributed by atoms with van der Waals surface area (Å²) in [5, 5.41) is 2.66. The van der Waals surface area contributed by atoms with E-state index in [0.717, 1.165) is 19.3 Å². The Hall–Kier alpha value is -4.82. The Morgan fingerprint density at radius 2 is 1.29 bits per heavy atom. The molecule has 0 aliphatic heterocycles. The molecule has 0 N–H and O–H groups in total. The Morgan fingerprint density at radius 3 is 1.95 bits per heavy atom. The van der Waals surface area contributed by atoms with E-state index in [-0.39, 0.29) is 0 Å². The molecule has 0 saturated heterocycles. The third-order valence-corrected chi connectivity index (χ3v) is 8.40. The van der Waals surface area contributed by atoms with Crippen LogP contribution in [0.3, 0.4) is 0 Å². The standard InChI is InChI=1S/C39H34N2/c1-3-5-13-32-33-15-9-11-18-37(33)40(36(32)4-2)30-24-20-28(21-25-30)29-22-26-31(27-23-29)41-38-17-8-6-7-14-34(38)35-16-10-12-19-39(35)41/h3,5-12,14-16,18-27H,4,13,17H2,1-2H3/b5-3-. The van der Waals surface area contributed by atoms with E-state index < -0.39 is 0 Å². The number of nitrogens with zero attached hydrogens (tertiary/aromatic N) is 2. The maximum Gasteiger partial charge on any atom is 0.0537 e. The lowest BCUT2D eigenvalue weighted by Crippen LogP contribution is -2.01.